The number of hydrogen-bond acceptors (Lipinski definition) is 9. The number of carbonyl (C=O) groups excluding carboxylic acids is 1. The fourth-order valence-electron chi connectivity index (χ4n) is 3.84. The molecule has 1 saturated heterocycles. The van der Waals surface area contributed by atoms with Crippen molar-refractivity contribution >= 4 is 19.8 Å². The second-order valence-electron chi connectivity index (χ2n) is 8.59. The van der Waals surface area contributed by atoms with E-state index in [0.29, 0.717) is 32.1 Å². The zero-order valence-corrected chi connectivity index (χ0v) is 19.3. The molecule has 0 aromatic rings. The van der Waals surface area contributed by atoms with E-state index in [4.69, 9.17) is 33.3 Å². The summed E-state index contributed by atoms with van der Waals surface area (Å²) in [5.74, 6) is 1.32. The summed E-state index contributed by atoms with van der Waals surface area (Å²) in [5.41, 5.74) is 2.68. The standard InChI is InChI=1S/C20H31NO8Si/c1-15(22)29-19(6-11-30(3,4)5)13-20(26-9-10-27-20)17-16(12-28-21-17)18(19)25-14-24-8-7-23-2/h16,18H,7-10,12-14H2,1-5H3/t16-,18-,19+/m1/s1. The van der Waals surface area contributed by atoms with E-state index in [1.54, 1.807) is 7.11 Å². The number of ether oxygens (including phenoxy) is 6. The first-order chi connectivity index (χ1) is 14.2. The molecular formula is C20H31NO8Si. The van der Waals surface area contributed by atoms with E-state index < -0.39 is 31.5 Å². The van der Waals surface area contributed by atoms with Crippen molar-refractivity contribution in [2.24, 2.45) is 11.1 Å². The van der Waals surface area contributed by atoms with E-state index >= 15 is 0 Å². The van der Waals surface area contributed by atoms with Gasteiger partial charge in [-0.3, -0.25) is 4.79 Å². The van der Waals surface area contributed by atoms with E-state index in [2.05, 4.69) is 36.3 Å². The Labute approximate surface area is 178 Å². The zero-order chi connectivity index (χ0) is 21.8. The van der Waals surface area contributed by atoms with Crippen molar-refractivity contribution in [3.63, 3.8) is 0 Å². The highest BCUT2D eigenvalue weighted by Gasteiger charge is 2.65. The molecule has 1 spiro atoms. The van der Waals surface area contributed by atoms with Crippen LogP contribution in [0.15, 0.2) is 5.16 Å². The molecule has 0 unspecified atom stereocenters. The molecule has 2 aliphatic heterocycles. The fourth-order valence-corrected chi connectivity index (χ4v) is 4.43. The van der Waals surface area contributed by atoms with Crippen molar-refractivity contribution in [2.45, 2.75) is 50.5 Å². The first-order valence-electron chi connectivity index (χ1n) is 10.1. The number of fused-ring (bicyclic) bond motifs is 2. The number of nitrogens with zero attached hydrogens (tertiary/aromatic N) is 1. The van der Waals surface area contributed by atoms with Crippen molar-refractivity contribution in [1.82, 2.24) is 0 Å². The molecule has 3 atom stereocenters. The van der Waals surface area contributed by atoms with Crippen LogP contribution in [0.1, 0.15) is 13.3 Å². The largest absolute Gasteiger partial charge is 0.443 e. The molecule has 9 nitrogen and oxygen atoms in total. The van der Waals surface area contributed by atoms with Gasteiger partial charge in [-0.05, 0) is 0 Å². The molecule has 0 amide bonds. The second-order valence-corrected chi connectivity index (χ2v) is 13.3. The quantitative estimate of drug-likeness (QED) is 0.192. The first-order valence-corrected chi connectivity index (χ1v) is 13.6. The minimum Gasteiger partial charge on any atom is -0.443 e. The van der Waals surface area contributed by atoms with E-state index in [0.717, 1.165) is 0 Å². The molecule has 2 heterocycles. The topological polar surface area (TPSA) is 94.0 Å². The average Bonchev–Trinajstić information content (AvgIpc) is 3.32. The summed E-state index contributed by atoms with van der Waals surface area (Å²) >= 11 is 0. The maximum atomic E-state index is 12.2. The minimum atomic E-state index is -1.80. The molecule has 10 heteroatoms. The van der Waals surface area contributed by atoms with Crippen molar-refractivity contribution in [1.29, 1.82) is 0 Å². The number of hydrogen-bond donors (Lipinski definition) is 0. The summed E-state index contributed by atoms with van der Waals surface area (Å²) in [6, 6.07) is 0. The smallest absolute Gasteiger partial charge is 0.304 e. The van der Waals surface area contributed by atoms with E-state index in [1.165, 1.54) is 6.92 Å². The Hall–Kier alpha value is -1.48. The minimum absolute atomic E-state index is 0.00976. The molecule has 1 aliphatic carbocycles. The predicted molar refractivity (Wildman–Crippen MR) is 109 cm³/mol. The van der Waals surface area contributed by atoms with Crippen LogP contribution in [0.3, 0.4) is 0 Å². The van der Waals surface area contributed by atoms with Crippen LogP contribution < -0.4 is 0 Å². The molecule has 0 N–H and O–H groups in total. The van der Waals surface area contributed by atoms with Crippen molar-refractivity contribution in [3.05, 3.63) is 0 Å². The van der Waals surface area contributed by atoms with Crippen LogP contribution in [-0.2, 0) is 38.1 Å². The molecule has 2 fully saturated rings. The third-order valence-corrected chi connectivity index (χ3v) is 5.85. The monoisotopic (exact) mass is 441 g/mol. The third kappa shape index (κ3) is 5.04. The lowest BCUT2D eigenvalue weighted by Crippen LogP contribution is -2.65. The lowest BCUT2D eigenvalue weighted by molar-refractivity contribution is -0.224. The van der Waals surface area contributed by atoms with Gasteiger partial charge in [-0.25, -0.2) is 0 Å². The molecule has 168 valence electrons. The van der Waals surface area contributed by atoms with Crippen molar-refractivity contribution in [3.8, 4) is 11.5 Å². The van der Waals surface area contributed by atoms with Gasteiger partial charge in [-0.15, -0.1) is 5.54 Å². The van der Waals surface area contributed by atoms with Gasteiger partial charge in [0.2, 0.25) is 11.4 Å². The summed E-state index contributed by atoms with van der Waals surface area (Å²) in [4.78, 5) is 17.6. The van der Waals surface area contributed by atoms with Gasteiger partial charge < -0.3 is 33.3 Å². The Morgan fingerprint density at radius 1 is 1.27 bits per heavy atom. The normalized spacial score (nSPS) is 29.6. The average molecular weight is 442 g/mol. The molecule has 0 bridgehead atoms. The summed E-state index contributed by atoms with van der Waals surface area (Å²) < 4.78 is 34.5. The van der Waals surface area contributed by atoms with Gasteiger partial charge in [-0.1, -0.05) is 30.7 Å². The van der Waals surface area contributed by atoms with Crippen LogP contribution in [0.25, 0.3) is 0 Å². The lowest BCUT2D eigenvalue weighted by atomic mass is 9.71. The van der Waals surface area contributed by atoms with Crippen LogP contribution in [0.4, 0.5) is 0 Å². The molecule has 1 saturated carbocycles. The van der Waals surface area contributed by atoms with Gasteiger partial charge in [0.05, 0.1) is 38.8 Å². The second kappa shape index (κ2) is 9.34. The third-order valence-electron chi connectivity index (χ3n) is 4.97. The maximum absolute atomic E-state index is 12.2. The van der Waals surface area contributed by atoms with Gasteiger partial charge in [0.25, 0.3) is 0 Å². The van der Waals surface area contributed by atoms with Gasteiger partial charge in [0, 0.05) is 14.0 Å². The van der Waals surface area contributed by atoms with E-state index in [9.17, 15) is 4.79 Å². The molecule has 30 heavy (non-hydrogen) atoms. The van der Waals surface area contributed by atoms with Crippen LogP contribution in [0.5, 0.6) is 0 Å². The molecular weight excluding hydrogens is 410 g/mol. The Bertz CT molecular complexity index is 719. The van der Waals surface area contributed by atoms with Crippen LogP contribution >= 0.6 is 0 Å². The first kappa shape index (κ1) is 23.2. The van der Waals surface area contributed by atoms with E-state index in [-0.39, 0.29) is 25.7 Å². The lowest BCUT2D eigenvalue weighted by Gasteiger charge is -2.47. The van der Waals surface area contributed by atoms with Gasteiger partial charge in [-0.2, -0.15) is 0 Å². The summed E-state index contributed by atoms with van der Waals surface area (Å²) in [7, 11) is -0.201. The highest BCUT2D eigenvalue weighted by molar-refractivity contribution is 6.83. The molecule has 0 aromatic heterocycles. The number of carbonyl (C=O) groups is 1. The van der Waals surface area contributed by atoms with Crippen molar-refractivity contribution in [2.75, 3.05) is 46.9 Å². The van der Waals surface area contributed by atoms with Gasteiger partial charge in [0.1, 0.15) is 33.3 Å². The van der Waals surface area contributed by atoms with Crippen LogP contribution in [-0.4, -0.2) is 84.2 Å². The fraction of sp³-hybridized carbons (Fsp3) is 0.800. The molecule has 3 rings (SSSR count). The molecule has 3 aliphatic rings. The maximum Gasteiger partial charge on any atom is 0.304 e. The van der Waals surface area contributed by atoms with E-state index in [1.807, 2.05) is 0 Å². The number of esters is 1. The number of rotatable bonds is 7. The highest BCUT2D eigenvalue weighted by Crippen LogP contribution is 2.47. The van der Waals surface area contributed by atoms with Crippen LogP contribution in [0, 0.1) is 17.4 Å². The summed E-state index contributed by atoms with van der Waals surface area (Å²) in [5, 5.41) is 4.20. The summed E-state index contributed by atoms with van der Waals surface area (Å²) in [6.07, 6.45) is -0.495. The highest BCUT2D eigenvalue weighted by atomic mass is 28.3. The van der Waals surface area contributed by atoms with Crippen LogP contribution in [0.2, 0.25) is 19.6 Å². The number of oxime groups is 1. The number of methoxy groups -OCH3 is 1. The Morgan fingerprint density at radius 2 is 2.00 bits per heavy atom. The SMILES string of the molecule is COCCOCO[C@@H]1[C@@H]2CON=C2C2(C[C@]1(C#C[Si](C)(C)C)OC(C)=O)OCCO2. The Kier molecular flexibility index (Phi) is 7.22. The van der Waals surface area contributed by atoms with Gasteiger partial charge in [0.15, 0.2) is 0 Å². The summed E-state index contributed by atoms with van der Waals surface area (Å²) in [6.45, 7) is 9.62. The van der Waals surface area contributed by atoms with Crippen molar-refractivity contribution < 1.29 is 38.1 Å². The molecule has 0 aromatic carbocycles. The van der Waals surface area contributed by atoms with Gasteiger partial charge >= 0.3 is 5.97 Å². The molecule has 0 radical (unpaired) electrons. The Balaban J connectivity index is 1.98. The Morgan fingerprint density at radius 3 is 2.63 bits per heavy atom. The zero-order valence-electron chi connectivity index (χ0n) is 18.3. The predicted octanol–water partition coefficient (Wildman–Crippen LogP) is 1.32.